The highest BCUT2D eigenvalue weighted by atomic mass is 16.5. The Labute approximate surface area is 422 Å². The van der Waals surface area contributed by atoms with Crippen LogP contribution in [0, 0.1) is 0 Å². The summed E-state index contributed by atoms with van der Waals surface area (Å²) in [5, 5.41) is 61.0. The highest BCUT2D eigenvalue weighted by Crippen LogP contribution is 1.87. The summed E-state index contributed by atoms with van der Waals surface area (Å²) in [5.41, 5.74) is 0. The second-order valence-electron chi connectivity index (χ2n) is 14.5. The first-order valence-electron chi connectivity index (χ1n) is 22.9. The molecular formula is C46H77BN14O11. The summed E-state index contributed by atoms with van der Waals surface area (Å²) in [6.07, 6.45) is 35.2. The van der Waals surface area contributed by atoms with Gasteiger partial charge in [-0.25, -0.2) is 66.9 Å². The van der Waals surface area contributed by atoms with E-state index in [1.165, 1.54) is 40.8 Å². The number of carboxylic acids is 4. The van der Waals surface area contributed by atoms with E-state index in [9.17, 15) is 0 Å². The van der Waals surface area contributed by atoms with E-state index in [4.69, 9.17) is 54.7 Å². The van der Waals surface area contributed by atoms with Crippen LogP contribution in [-0.2, 0) is 113 Å². The number of nitrogens with zero attached hydrogens (tertiary/aromatic N) is 7. The average Bonchev–Trinajstić information content (AvgIpc) is 4.23. The van der Waals surface area contributed by atoms with Crippen LogP contribution >= 0.6 is 0 Å². The molecule has 0 fully saturated rings. The lowest BCUT2D eigenvalue weighted by atomic mass is 10.3. The quantitative estimate of drug-likeness (QED) is 0.0447. The van der Waals surface area contributed by atoms with Gasteiger partial charge in [0.1, 0.15) is 86.8 Å². The molecule has 7 heterocycles. The maximum absolute atomic E-state index is 8.93. The zero-order valence-corrected chi connectivity index (χ0v) is 44.2. The normalized spacial score (nSPS) is 9.18. The summed E-state index contributed by atoms with van der Waals surface area (Å²) in [7, 11) is 11.3. The molecule has 400 valence electrons. The number of H-pyrrole nitrogens is 7. The fourth-order valence-electron chi connectivity index (χ4n) is 5.52. The lowest BCUT2D eigenvalue weighted by Gasteiger charge is -2.35. The maximum atomic E-state index is 8.93. The lowest BCUT2D eigenvalue weighted by Crippen LogP contribution is -2.56. The molecule has 0 spiro atoms. The Bertz CT molecular complexity index is 2020. The molecule has 0 aliphatic heterocycles. The third-order valence-electron chi connectivity index (χ3n) is 9.49. The Morgan fingerprint density at radius 3 is 0.444 bits per heavy atom. The van der Waals surface area contributed by atoms with Crippen LogP contribution in [0.3, 0.4) is 0 Å². The molecule has 72 heavy (non-hydrogen) atoms. The molecule has 7 N–H and O–H groups in total. The van der Waals surface area contributed by atoms with Gasteiger partial charge in [0.05, 0.1) is 73.2 Å². The number of nitrogens with one attached hydrogen (secondary N) is 7. The smallest absolute Gasteiger partial charge is 0.253 e. The number of aliphatic carboxylic acids is 4. The summed E-state index contributed by atoms with van der Waals surface area (Å²) >= 11 is 0. The molecule has 0 bridgehead atoms. The van der Waals surface area contributed by atoms with E-state index >= 15 is 0 Å². The number of carbonyl (C=O) groups is 4. The Balaban J connectivity index is -0.000000739. The number of aromatic nitrogens is 14. The van der Waals surface area contributed by atoms with Crippen molar-refractivity contribution in [2.75, 3.05) is 0 Å². The van der Waals surface area contributed by atoms with Crippen LogP contribution in [0.2, 0.25) is 0 Å². The zero-order valence-electron chi connectivity index (χ0n) is 44.2. The van der Waals surface area contributed by atoms with Gasteiger partial charge in [-0.05, 0) is 0 Å². The van der Waals surface area contributed by atoms with Crippen LogP contribution in [0.4, 0.5) is 0 Å². The van der Waals surface area contributed by atoms with Gasteiger partial charge in [0, 0.05) is 44.9 Å². The fraction of sp³-hybridized carbons (Fsp3) is 0.457. The molecule has 0 atom stereocenters. The average molecular weight is 1010 g/mol. The Kier molecular flexibility index (Phi) is 39.1. The van der Waals surface area contributed by atoms with Crippen LogP contribution in [0.5, 0.6) is 0 Å². The maximum Gasteiger partial charge on any atom is 0.253 e. The minimum atomic E-state index is -2.92. The standard InChI is InChI=1S/7C6H10N2.2C2H2O4.BO3/c7*1-3-6-7-4-5-8(6)2;2*3-1(4)2(5)6;2-1(3)4/h7*4-5H,3H2,1-2H3;2*(H,3,4)(H,5,6);/q;;;;;;;;;-3/p+3. The SMILES string of the molecule is CCc1[nH]cc[n+]1C.CCc1[nH]cc[n+]1C.CCc1[nH]cc[n+]1C.CCc1[nH]cc[n+]1C.CCc1[nH]cc[n+]1C.CCc1[nH]cc[n+]1C.CCc1[nH]cc[n+]1C.O=C([O-])C(=O)[O-].O=C([O-])C(=O)[O-].[O-]B([O-])[O-]. The number of carboxylic acid groups (broad SMARTS) is 4. The molecule has 7 rings (SSSR count). The minimum absolute atomic E-state index is 1.07. The van der Waals surface area contributed by atoms with E-state index in [1.54, 1.807) is 0 Å². The van der Waals surface area contributed by atoms with Gasteiger partial charge in [0.15, 0.2) is 0 Å². The molecule has 26 heteroatoms. The van der Waals surface area contributed by atoms with Crippen molar-refractivity contribution >= 4 is 31.2 Å². The van der Waals surface area contributed by atoms with Crippen LogP contribution in [0.15, 0.2) is 86.8 Å². The third kappa shape index (κ3) is 32.9. The van der Waals surface area contributed by atoms with E-state index in [-0.39, 0.29) is 0 Å². The predicted octanol–water partition coefficient (Wildman–Crippen LogP) is -8.16. The first-order chi connectivity index (χ1) is 33.9. The molecule has 0 radical (unpaired) electrons. The molecule has 0 saturated carbocycles. The van der Waals surface area contributed by atoms with Crippen molar-refractivity contribution < 1.29 is 86.6 Å². The van der Waals surface area contributed by atoms with Crippen molar-refractivity contribution in [2.45, 2.75) is 93.4 Å². The molecule has 0 unspecified atom stereocenters. The molecule has 0 saturated heterocycles. The van der Waals surface area contributed by atoms with E-state index in [0.717, 1.165) is 44.9 Å². The van der Waals surface area contributed by atoms with Crippen LogP contribution in [0.25, 0.3) is 0 Å². The van der Waals surface area contributed by atoms with Crippen LogP contribution < -0.4 is 67.5 Å². The summed E-state index contributed by atoms with van der Waals surface area (Å²) in [4.78, 5) is 57.5. The van der Waals surface area contributed by atoms with E-state index in [1.807, 2.05) is 136 Å². The molecule has 7 aromatic rings. The number of rotatable bonds is 7. The summed E-state index contributed by atoms with van der Waals surface area (Å²) < 4.78 is 14.6. The van der Waals surface area contributed by atoms with Crippen molar-refractivity contribution in [3.05, 3.63) is 128 Å². The molecule has 0 aliphatic carbocycles. The van der Waals surface area contributed by atoms with Gasteiger partial charge in [-0.1, -0.05) is 48.5 Å². The first-order valence-corrected chi connectivity index (χ1v) is 22.9. The number of aryl methyl sites for hydroxylation is 14. The van der Waals surface area contributed by atoms with Crippen molar-refractivity contribution in [1.82, 2.24) is 34.9 Å². The number of carbonyl (C=O) groups excluding carboxylic acids is 4. The number of hydrogen-bond donors (Lipinski definition) is 7. The minimum Gasteiger partial charge on any atom is -0.907 e. The van der Waals surface area contributed by atoms with Crippen molar-refractivity contribution in [2.24, 2.45) is 49.3 Å². The van der Waals surface area contributed by atoms with Gasteiger partial charge in [-0.15, -0.1) is 0 Å². The second kappa shape index (κ2) is 41.1. The highest BCUT2D eigenvalue weighted by molar-refractivity contribution is 6.25. The van der Waals surface area contributed by atoms with Crippen LogP contribution in [0.1, 0.15) is 89.2 Å². The van der Waals surface area contributed by atoms with Crippen molar-refractivity contribution in [3.8, 4) is 0 Å². The summed E-state index contributed by atoms with van der Waals surface area (Å²) in [6, 6.07) is 0. The van der Waals surface area contributed by atoms with Gasteiger partial charge >= 0.3 is 0 Å². The lowest BCUT2D eigenvalue weighted by molar-refractivity contribution is -0.677. The molecule has 25 nitrogen and oxygen atoms in total. The Hall–Kier alpha value is -7.71. The monoisotopic (exact) mass is 1010 g/mol. The Morgan fingerprint density at radius 1 is 0.319 bits per heavy atom. The van der Waals surface area contributed by atoms with Crippen LogP contribution in [-0.4, -0.2) is 66.1 Å². The molecule has 7 aromatic heterocycles. The largest absolute Gasteiger partial charge is 0.907 e. The summed E-state index contributed by atoms with van der Waals surface area (Å²) in [6.45, 7) is 14.9. The van der Waals surface area contributed by atoms with E-state index < -0.39 is 31.2 Å². The zero-order chi connectivity index (χ0) is 55.8. The number of hydrogen-bond acceptors (Lipinski definition) is 11. The van der Waals surface area contributed by atoms with Gasteiger partial charge < -0.3 is 54.7 Å². The molecule has 0 aliphatic rings. The second-order valence-corrected chi connectivity index (χ2v) is 14.5. The van der Waals surface area contributed by atoms with Gasteiger partial charge in [-0.3, -0.25) is 7.32 Å². The number of imidazole rings is 7. The summed E-state index contributed by atoms with van der Waals surface area (Å²) in [5.74, 6) is 0.139. The third-order valence-corrected chi connectivity index (χ3v) is 9.49. The predicted molar refractivity (Wildman–Crippen MR) is 245 cm³/mol. The highest BCUT2D eigenvalue weighted by Gasteiger charge is 2.03. The Morgan fingerprint density at radius 2 is 0.417 bits per heavy atom. The van der Waals surface area contributed by atoms with E-state index in [0.29, 0.717) is 0 Å². The fourth-order valence-corrected chi connectivity index (χ4v) is 5.52. The van der Waals surface area contributed by atoms with Gasteiger partial charge in [0.25, 0.3) is 40.8 Å². The van der Waals surface area contributed by atoms with Gasteiger partial charge in [-0.2, -0.15) is 0 Å². The molecule has 0 aromatic carbocycles. The molecular weight excluding hydrogens is 935 g/mol. The first kappa shape index (κ1) is 68.6. The van der Waals surface area contributed by atoms with E-state index in [2.05, 4.69) is 115 Å². The van der Waals surface area contributed by atoms with Gasteiger partial charge in [0.2, 0.25) is 0 Å². The van der Waals surface area contributed by atoms with Crippen molar-refractivity contribution in [1.29, 1.82) is 0 Å². The number of aromatic amines is 7. The topological polar surface area (TPSA) is 367 Å². The molecule has 0 amide bonds. The van der Waals surface area contributed by atoms with Crippen molar-refractivity contribution in [3.63, 3.8) is 0 Å².